The summed E-state index contributed by atoms with van der Waals surface area (Å²) in [6, 6.07) is 9.12. The van der Waals surface area contributed by atoms with Gasteiger partial charge in [-0.3, -0.25) is 0 Å². The van der Waals surface area contributed by atoms with Gasteiger partial charge in [0.2, 0.25) is 10.0 Å². The lowest BCUT2D eigenvalue weighted by Crippen LogP contribution is -2.25. The predicted octanol–water partition coefficient (Wildman–Crippen LogP) is 2.76. The molecule has 0 atom stereocenters. The Morgan fingerprint density at radius 2 is 2.18 bits per heavy atom. The van der Waals surface area contributed by atoms with Crippen molar-refractivity contribution in [2.45, 2.75) is 10.6 Å². The number of fused-ring (bicyclic) bond motifs is 1. The third-order valence-corrected chi connectivity index (χ3v) is 6.28. The van der Waals surface area contributed by atoms with Gasteiger partial charge in [-0.1, -0.05) is 6.07 Å². The molecule has 22 heavy (non-hydrogen) atoms. The second-order valence-corrected chi connectivity index (χ2v) is 7.75. The third-order valence-electron chi connectivity index (χ3n) is 3.42. The topological polar surface area (TPSA) is 71.2 Å². The SMILES string of the molecule is COc1ccc2[nH]cc(CCNS(=O)(=O)c3cccs3)c2c1. The molecule has 0 bridgehead atoms. The van der Waals surface area contributed by atoms with Crippen LogP contribution in [0.4, 0.5) is 0 Å². The molecule has 7 heteroatoms. The molecule has 1 aromatic carbocycles. The van der Waals surface area contributed by atoms with Gasteiger partial charge in [-0.25, -0.2) is 13.1 Å². The largest absolute Gasteiger partial charge is 0.497 e. The number of nitrogens with one attached hydrogen (secondary N) is 2. The summed E-state index contributed by atoms with van der Waals surface area (Å²) in [6.07, 6.45) is 2.52. The maximum absolute atomic E-state index is 12.1. The lowest BCUT2D eigenvalue weighted by molar-refractivity contribution is 0.415. The summed E-state index contributed by atoms with van der Waals surface area (Å²) in [6.45, 7) is 0.352. The van der Waals surface area contributed by atoms with E-state index in [1.807, 2.05) is 24.4 Å². The van der Waals surface area contributed by atoms with E-state index in [4.69, 9.17) is 4.74 Å². The van der Waals surface area contributed by atoms with E-state index in [1.165, 1.54) is 11.3 Å². The smallest absolute Gasteiger partial charge is 0.250 e. The van der Waals surface area contributed by atoms with Crippen LogP contribution in [0.25, 0.3) is 10.9 Å². The minimum Gasteiger partial charge on any atom is -0.497 e. The molecule has 0 saturated heterocycles. The number of benzene rings is 1. The van der Waals surface area contributed by atoms with Crippen LogP contribution in [-0.2, 0) is 16.4 Å². The zero-order chi connectivity index (χ0) is 15.6. The molecule has 0 unspecified atom stereocenters. The van der Waals surface area contributed by atoms with Gasteiger partial charge >= 0.3 is 0 Å². The molecule has 2 aromatic heterocycles. The molecule has 5 nitrogen and oxygen atoms in total. The highest BCUT2D eigenvalue weighted by Crippen LogP contribution is 2.24. The van der Waals surface area contributed by atoms with Crippen LogP contribution in [0.1, 0.15) is 5.56 Å². The van der Waals surface area contributed by atoms with Crippen LogP contribution < -0.4 is 9.46 Å². The fraction of sp³-hybridized carbons (Fsp3) is 0.200. The van der Waals surface area contributed by atoms with Gasteiger partial charge in [0, 0.05) is 23.6 Å². The van der Waals surface area contributed by atoms with Crippen LogP contribution in [-0.4, -0.2) is 27.1 Å². The Kier molecular flexibility index (Phi) is 4.19. The molecular weight excluding hydrogens is 320 g/mol. The summed E-state index contributed by atoms with van der Waals surface area (Å²) in [5.41, 5.74) is 2.07. The number of thiophene rings is 1. The molecule has 0 aliphatic carbocycles. The molecule has 0 amide bonds. The zero-order valence-corrected chi connectivity index (χ0v) is 13.6. The number of ether oxygens (including phenoxy) is 1. The quantitative estimate of drug-likeness (QED) is 0.727. The average Bonchev–Trinajstić information content (AvgIpc) is 3.16. The molecule has 2 N–H and O–H groups in total. The van der Waals surface area contributed by atoms with Gasteiger partial charge in [0.1, 0.15) is 9.96 Å². The van der Waals surface area contributed by atoms with Gasteiger partial charge in [0.25, 0.3) is 0 Å². The number of hydrogen-bond donors (Lipinski definition) is 2. The lowest BCUT2D eigenvalue weighted by Gasteiger charge is -2.05. The maximum Gasteiger partial charge on any atom is 0.250 e. The van der Waals surface area contributed by atoms with Crippen LogP contribution in [0.2, 0.25) is 0 Å². The van der Waals surface area contributed by atoms with Crippen molar-refractivity contribution >= 4 is 32.3 Å². The van der Waals surface area contributed by atoms with E-state index in [0.29, 0.717) is 17.2 Å². The first-order valence-electron chi connectivity index (χ1n) is 6.77. The van der Waals surface area contributed by atoms with E-state index < -0.39 is 10.0 Å². The summed E-state index contributed by atoms with van der Waals surface area (Å²) in [5, 5.41) is 2.80. The predicted molar refractivity (Wildman–Crippen MR) is 88.1 cm³/mol. The van der Waals surface area contributed by atoms with Gasteiger partial charge in [-0.15, -0.1) is 11.3 Å². The highest BCUT2D eigenvalue weighted by Gasteiger charge is 2.14. The van der Waals surface area contributed by atoms with Gasteiger partial charge in [0.15, 0.2) is 0 Å². The van der Waals surface area contributed by atoms with Crippen molar-refractivity contribution in [1.29, 1.82) is 0 Å². The molecule has 3 aromatic rings. The fourth-order valence-corrected chi connectivity index (χ4v) is 4.37. The molecular formula is C15H16N2O3S2. The van der Waals surface area contributed by atoms with Crippen LogP contribution in [0, 0.1) is 0 Å². The van der Waals surface area contributed by atoms with E-state index in [9.17, 15) is 8.42 Å². The van der Waals surface area contributed by atoms with Crippen LogP contribution >= 0.6 is 11.3 Å². The van der Waals surface area contributed by atoms with E-state index in [-0.39, 0.29) is 0 Å². The summed E-state index contributed by atoms with van der Waals surface area (Å²) in [7, 11) is -1.78. The molecule has 0 aliphatic heterocycles. The number of aromatic amines is 1. The van der Waals surface area contributed by atoms with Crippen LogP contribution in [0.15, 0.2) is 46.1 Å². The molecule has 3 rings (SSSR count). The van der Waals surface area contributed by atoms with Crippen molar-refractivity contribution in [3.8, 4) is 5.75 Å². The van der Waals surface area contributed by atoms with Crippen molar-refractivity contribution in [1.82, 2.24) is 9.71 Å². The monoisotopic (exact) mass is 336 g/mol. The van der Waals surface area contributed by atoms with Gasteiger partial charge in [-0.05, 0) is 41.6 Å². The van der Waals surface area contributed by atoms with Gasteiger partial charge in [-0.2, -0.15) is 0 Å². The van der Waals surface area contributed by atoms with Crippen molar-refractivity contribution in [3.63, 3.8) is 0 Å². The molecule has 0 saturated carbocycles. The molecule has 0 spiro atoms. The standard InChI is InChI=1S/C15H16N2O3S2/c1-20-12-4-5-14-13(9-12)11(10-16-14)6-7-17-22(18,19)15-3-2-8-21-15/h2-5,8-10,16-17H,6-7H2,1H3. The number of aromatic nitrogens is 1. The highest BCUT2D eigenvalue weighted by atomic mass is 32.2. The lowest BCUT2D eigenvalue weighted by atomic mass is 10.1. The molecule has 0 fully saturated rings. The summed E-state index contributed by atoms with van der Waals surface area (Å²) in [4.78, 5) is 3.18. The number of hydrogen-bond acceptors (Lipinski definition) is 4. The van der Waals surface area contributed by atoms with E-state index in [1.54, 1.807) is 24.6 Å². The Morgan fingerprint density at radius 1 is 1.32 bits per heavy atom. The third kappa shape index (κ3) is 3.01. The number of rotatable bonds is 6. The van der Waals surface area contributed by atoms with Crippen LogP contribution in [0.3, 0.4) is 0 Å². The fourth-order valence-electron chi connectivity index (χ4n) is 2.30. The Bertz CT molecular complexity index is 867. The summed E-state index contributed by atoms with van der Waals surface area (Å²) >= 11 is 1.21. The second kappa shape index (κ2) is 6.12. The first-order valence-corrected chi connectivity index (χ1v) is 9.13. The molecule has 2 heterocycles. The summed E-state index contributed by atoms with van der Waals surface area (Å²) < 4.78 is 32.3. The molecule has 116 valence electrons. The number of methoxy groups -OCH3 is 1. The minimum atomic E-state index is -3.40. The second-order valence-electron chi connectivity index (χ2n) is 4.81. The first kappa shape index (κ1) is 15.1. The average molecular weight is 336 g/mol. The Hall–Kier alpha value is -1.83. The zero-order valence-electron chi connectivity index (χ0n) is 12.0. The van der Waals surface area contributed by atoms with Gasteiger partial charge in [0.05, 0.1) is 7.11 Å². The van der Waals surface area contributed by atoms with Gasteiger partial charge < -0.3 is 9.72 Å². The molecule has 0 aliphatic rings. The van der Waals surface area contributed by atoms with Crippen LogP contribution in [0.5, 0.6) is 5.75 Å². The van der Waals surface area contributed by atoms with E-state index >= 15 is 0 Å². The number of sulfonamides is 1. The maximum atomic E-state index is 12.1. The van der Waals surface area contributed by atoms with E-state index in [0.717, 1.165) is 22.2 Å². The van der Waals surface area contributed by atoms with E-state index in [2.05, 4.69) is 9.71 Å². The van der Waals surface area contributed by atoms with Crippen molar-refractivity contribution < 1.29 is 13.2 Å². The van der Waals surface area contributed by atoms with Crippen molar-refractivity contribution in [2.75, 3.05) is 13.7 Å². The normalized spacial score (nSPS) is 11.9. The molecule has 0 radical (unpaired) electrons. The summed E-state index contributed by atoms with van der Waals surface area (Å²) in [5.74, 6) is 0.785. The highest BCUT2D eigenvalue weighted by molar-refractivity contribution is 7.91. The number of H-pyrrole nitrogens is 1. The Labute approximate surface area is 133 Å². The Balaban J connectivity index is 1.72. The first-order chi connectivity index (χ1) is 10.6. The minimum absolute atomic E-state index is 0.341. The van der Waals surface area contributed by atoms with Crippen molar-refractivity contribution in [2.24, 2.45) is 0 Å². The Morgan fingerprint density at radius 3 is 2.91 bits per heavy atom. The van der Waals surface area contributed by atoms with Crippen molar-refractivity contribution in [3.05, 3.63) is 47.5 Å².